The van der Waals surface area contributed by atoms with Crippen molar-refractivity contribution in [1.82, 2.24) is 10.3 Å². The fourth-order valence-electron chi connectivity index (χ4n) is 1.44. The van der Waals surface area contributed by atoms with E-state index in [0.717, 1.165) is 29.3 Å². The molecule has 1 rings (SSSR count). The summed E-state index contributed by atoms with van der Waals surface area (Å²) >= 11 is 0. The second kappa shape index (κ2) is 7.84. The Labute approximate surface area is 109 Å². The molecule has 1 aromatic rings. The normalized spacial score (nSPS) is 10.4. The topological polar surface area (TPSA) is 43.4 Å². The van der Waals surface area contributed by atoms with Crippen molar-refractivity contribution in [2.24, 2.45) is 0 Å². The lowest BCUT2D eigenvalue weighted by Crippen LogP contribution is -2.20. The van der Waals surface area contributed by atoms with Gasteiger partial charge in [0.05, 0.1) is 12.3 Å². The summed E-state index contributed by atoms with van der Waals surface area (Å²) in [7, 11) is 1.69. The Bertz CT molecular complexity index is 391. The maximum Gasteiger partial charge on any atom is 0.142 e. The highest BCUT2D eigenvalue weighted by Crippen LogP contribution is 2.17. The third kappa shape index (κ3) is 5.29. The molecule has 1 N–H and O–H groups in total. The van der Waals surface area contributed by atoms with Gasteiger partial charge in [-0.25, -0.2) is 0 Å². The molecule has 1 aromatic heterocycles. The molecule has 4 heteroatoms. The fourth-order valence-corrected chi connectivity index (χ4v) is 1.44. The van der Waals surface area contributed by atoms with Crippen LogP contribution in [-0.2, 0) is 11.3 Å². The zero-order chi connectivity index (χ0) is 13.4. The molecule has 100 valence electrons. The lowest BCUT2D eigenvalue weighted by atomic mass is 10.2. The van der Waals surface area contributed by atoms with E-state index in [2.05, 4.69) is 16.9 Å². The zero-order valence-electron chi connectivity index (χ0n) is 11.5. The molecule has 0 aliphatic carbocycles. The monoisotopic (exact) mass is 250 g/mol. The fraction of sp³-hybridized carbons (Fsp3) is 0.500. The highest BCUT2D eigenvalue weighted by atomic mass is 16.5. The summed E-state index contributed by atoms with van der Waals surface area (Å²) in [4.78, 5) is 4.49. The molecule has 0 fully saturated rings. The maximum absolute atomic E-state index is 5.68. The van der Waals surface area contributed by atoms with Gasteiger partial charge in [0.2, 0.25) is 0 Å². The molecule has 0 amide bonds. The molecular weight excluding hydrogens is 228 g/mol. The largest absolute Gasteiger partial charge is 0.487 e. The van der Waals surface area contributed by atoms with Crippen molar-refractivity contribution in [3.05, 3.63) is 35.7 Å². The van der Waals surface area contributed by atoms with Crippen LogP contribution in [0.15, 0.2) is 24.3 Å². The van der Waals surface area contributed by atoms with Gasteiger partial charge in [-0.3, -0.25) is 4.98 Å². The number of nitrogens with zero attached hydrogens (tertiary/aromatic N) is 1. The summed E-state index contributed by atoms with van der Waals surface area (Å²) in [5.41, 5.74) is 2.91. The van der Waals surface area contributed by atoms with Crippen molar-refractivity contribution < 1.29 is 9.47 Å². The van der Waals surface area contributed by atoms with E-state index >= 15 is 0 Å². The number of hydrogen-bond acceptors (Lipinski definition) is 4. The van der Waals surface area contributed by atoms with Gasteiger partial charge in [-0.05, 0) is 31.6 Å². The van der Waals surface area contributed by atoms with Crippen molar-refractivity contribution in [3.63, 3.8) is 0 Å². The van der Waals surface area contributed by atoms with Crippen LogP contribution in [0, 0.1) is 6.92 Å². The van der Waals surface area contributed by atoms with Crippen molar-refractivity contribution >= 4 is 0 Å². The van der Waals surface area contributed by atoms with Gasteiger partial charge in [0.15, 0.2) is 0 Å². The Kier molecular flexibility index (Phi) is 6.39. The summed E-state index contributed by atoms with van der Waals surface area (Å²) in [5, 5.41) is 3.27. The molecule has 0 spiro atoms. The predicted octanol–water partition coefficient (Wildman–Crippen LogP) is 2.08. The zero-order valence-corrected chi connectivity index (χ0v) is 11.5. The van der Waals surface area contributed by atoms with E-state index in [1.54, 1.807) is 7.11 Å². The van der Waals surface area contributed by atoms with Gasteiger partial charge in [0.1, 0.15) is 12.4 Å². The van der Waals surface area contributed by atoms with E-state index in [1.165, 1.54) is 0 Å². The second-order valence-corrected chi connectivity index (χ2v) is 4.31. The van der Waals surface area contributed by atoms with Crippen LogP contribution in [-0.4, -0.2) is 31.9 Å². The van der Waals surface area contributed by atoms with E-state index in [4.69, 9.17) is 9.47 Å². The van der Waals surface area contributed by atoms with E-state index in [0.29, 0.717) is 19.8 Å². The Morgan fingerprint density at radius 1 is 1.44 bits per heavy atom. The van der Waals surface area contributed by atoms with Crippen LogP contribution in [0.25, 0.3) is 0 Å². The summed E-state index contributed by atoms with van der Waals surface area (Å²) < 4.78 is 10.7. The molecule has 0 radical (unpaired) electrons. The molecule has 0 aliphatic heterocycles. The van der Waals surface area contributed by atoms with Gasteiger partial charge in [-0.15, -0.1) is 0 Å². The number of hydrogen-bond donors (Lipinski definition) is 1. The first-order valence-electron chi connectivity index (χ1n) is 6.07. The molecule has 1 heterocycles. The molecule has 0 aromatic carbocycles. The molecule has 4 nitrogen and oxygen atoms in total. The van der Waals surface area contributed by atoms with Gasteiger partial charge in [-0.1, -0.05) is 6.58 Å². The van der Waals surface area contributed by atoms with E-state index in [-0.39, 0.29) is 0 Å². The van der Waals surface area contributed by atoms with Gasteiger partial charge in [-0.2, -0.15) is 0 Å². The van der Waals surface area contributed by atoms with Gasteiger partial charge < -0.3 is 14.8 Å². The van der Waals surface area contributed by atoms with Crippen LogP contribution in [0.3, 0.4) is 0 Å². The molecule has 0 saturated heterocycles. The summed E-state index contributed by atoms with van der Waals surface area (Å²) in [5.74, 6) is 0.813. The first-order valence-corrected chi connectivity index (χ1v) is 6.07. The van der Waals surface area contributed by atoms with Crippen molar-refractivity contribution in [3.8, 4) is 5.75 Å². The summed E-state index contributed by atoms with van der Waals surface area (Å²) in [6, 6.07) is 3.91. The Balaban J connectivity index is 2.61. The highest BCUT2D eigenvalue weighted by Gasteiger charge is 2.05. The van der Waals surface area contributed by atoms with E-state index in [1.807, 2.05) is 26.0 Å². The Morgan fingerprint density at radius 3 is 2.89 bits per heavy atom. The molecule has 0 atom stereocenters. The van der Waals surface area contributed by atoms with Crippen LogP contribution >= 0.6 is 0 Å². The van der Waals surface area contributed by atoms with Crippen molar-refractivity contribution in [2.45, 2.75) is 20.4 Å². The minimum atomic E-state index is 0.524. The van der Waals surface area contributed by atoms with Crippen LogP contribution in [0.4, 0.5) is 0 Å². The average Bonchev–Trinajstić information content (AvgIpc) is 2.33. The molecule has 0 unspecified atom stereocenters. The molecule has 18 heavy (non-hydrogen) atoms. The number of rotatable bonds is 8. The molecule has 0 saturated carbocycles. The lowest BCUT2D eigenvalue weighted by molar-refractivity contribution is 0.199. The van der Waals surface area contributed by atoms with Crippen LogP contribution < -0.4 is 10.1 Å². The van der Waals surface area contributed by atoms with Gasteiger partial charge in [0, 0.05) is 25.9 Å². The number of methoxy groups -OCH3 is 1. The van der Waals surface area contributed by atoms with Gasteiger partial charge in [0.25, 0.3) is 0 Å². The maximum atomic E-state index is 5.68. The SMILES string of the molecule is C=C(C)COc1ccc(C)nc1CNCCOC. The first-order chi connectivity index (χ1) is 8.63. The third-order valence-electron chi connectivity index (χ3n) is 2.32. The summed E-state index contributed by atoms with van der Waals surface area (Å²) in [6.07, 6.45) is 0. The minimum Gasteiger partial charge on any atom is -0.487 e. The van der Waals surface area contributed by atoms with Crippen molar-refractivity contribution in [2.75, 3.05) is 26.9 Å². The molecular formula is C14H22N2O2. The number of pyridine rings is 1. The number of aryl methyl sites for hydroxylation is 1. The van der Waals surface area contributed by atoms with Crippen molar-refractivity contribution in [1.29, 1.82) is 0 Å². The quantitative estimate of drug-likeness (QED) is 0.566. The smallest absolute Gasteiger partial charge is 0.142 e. The molecule has 0 aliphatic rings. The highest BCUT2D eigenvalue weighted by molar-refractivity contribution is 5.29. The number of aromatic nitrogens is 1. The number of nitrogens with one attached hydrogen (secondary N) is 1. The number of ether oxygens (including phenoxy) is 2. The van der Waals surface area contributed by atoms with Gasteiger partial charge >= 0.3 is 0 Å². The third-order valence-corrected chi connectivity index (χ3v) is 2.32. The average molecular weight is 250 g/mol. The lowest BCUT2D eigenvalue weighted by Gasteiger charge is -2.12. The Hall–Kier alpha value is -1.39. The van der Waals surface area contributed by atoms with Crippen LogP contribution in [0.5, 0.6) is 5.75 Å². The summed E-state index contributed by atoms with van der Waals surface area (Å²) in [6.45, 7) is 10.4. The van der Waals surface area contributed by atoms with E-state index < -0.39 is 0 Å². The van der Waals surface area contributed by atoms with Crippen LogP contribution in [0.1, 0.15) is 18.3 Å². The standard InChI is InChI=1S/C14H22N2O2/c1-11(2)10-18-14-6-5-12(3)16-13(14)9-15-7-8-17-4/h5-6,15H,1,7-10H2,2-4H3. The predicted molar refractivity (Wildman–Crippen MR) is 72.9 cm³/mol. The minimum absolute atomic E-state index is 0.524. The second-order valence-electron chi connectivity index (χ2n) is 4.31. The first kappa shape index (κ1) is 14.7. The van der Waals surface area contributed by atoms with E-state index in [9.17, 15) is 0 Å². The Morgan fingerprint density at radius 2 is 2.22 bits per heavy atom. The van der Waals surface area contributed by atoms with Crippen LogP contribution in [0.2, 0.25) is 0 Å². The molecule has 0 bridgehead atoms.